The SMILES string of the molecule is O=Cc1ccc(CCc2ccccc2)cc1S(=O)(=O)O. The van der Waals surface area contributed by atoms with Crippen LogP contribution in [-0.2, 0) is 23.0 Å². The van der Waals surface area contributed by atoms with Gasteiger partial charge in [0, 0.05) is 5.56 Å². The van der Waals surface area contributed by atoms with E-state index in [0.29, 0.717) is 12.7 Å². The quantitative estimate of drug-likeness (QED) is 0.678. The summed E-state index contributed by atoms with van der Waals surface area (Å²) in [5.74, 6) is 0. The van der Waals surface area contributed by atoms with Crippen LogP contribution in [0.1, 0.15) is 21.5 Å². The highest BCUT2D eigenvalue weighted by atomic mass is 32.2. The van der Waals surface area contributed by atoms with Crippen LogP contribution in [0.2, 0.25) is 0 Å². The van der Waals surface area contributed by atoms with Crippen LogP contribution in [0.5, 0.6) is 0 Å². The molecule has 0 aliphatic carbocycles. The van der Waals surface area contributed by atoms with Crippen LogP contribution in [0.4, 0.5) is 0 Å². The molecule has 2 aromatic rings. The minimum atomic E-state index is -4.38. The predicted molar refractivity (Wildman–Crippen MR) is 75.5 cm³/mol. The Morgan fingerprint density at radius 2 is 1.60 bits per heavy atom. The zero-order valence-corrected chi connectivity index (χ0v) is 11.5. The van der Waals surface area contributed by atoms with E-state index in [-0.39, 0.29) is 10.5 Å². The Bertz CT molecular complexity index is 706. The van der Waals surface area contributed by atoms with Crippen molar-refractivity contribution < 1.29 is 17.8 Å². The first-order chi connectivity index (χ1) is 9.50. The van der Waals surface area contributed by atoms with E-state index >= 15 is 0 Å². The average molecular weight is 290 g/mol. The molecule has 5 heteroatoms. The maximum absolute atomic E-state index is 11.2. The average Bonchev–Trinajstić information content (AvgIpc) is 2.45. The molecule has 0 saturated carbocycles. The molecule has 1 N–H and O–H groups in total. The first kappa shape index (κ1) is 14.4. The molecule has 0 atom stereocenters. The molecule has 0 aliphatic rings. The van der Waals surface area contributed by atoms with Gasteiger partial charge < -0.3 is 0 Å². The molecular formula is C15H14O4S. The summed E-state index contributed by atoms with van der Waals surface area (Å²) in [6.45, 7) is 0. The summed E-state index contributed by atoms with van der Waals surface area (Å²) < 4.78 is 31.6. The van der Waals surface area contributed by atoms with E-state index in [0.717, 1.165) is 17.5 Å². The van der Waals surface area contributed by atoms with Gasteiger partial charge in [-0.3, -0.25) is 9.35 Å². The van der Waals surface area contributed by atoms with Gasteiger partial charge in [-0.2, -0.15) is 8.42 Å². The summed E-state index contributed by atoms with van der Waals surface area (Å²) in [4.78, 5) is 10.5. The molecule has 0 aromatic heterocycles. The van der Waals surface area contributed by atoms with Gasteiger partial charge in [-0.05, 0) is 30.0 Å². The molecule has 104 valence electrons. The van der Waals surface area contributed by atoms with Crippen molar-refractivity contribution in [3.8, 4) is 0 Å². The molecule has 2 rings (SSSR count). The standard InChI is InChI=1S/C15H14O4S/c16-11-14-9-8-13(10-15(14)20(17,18)19)7-6-12-4-2-1-3-5-12/h1-5,8-11H,6-7H2,(H,17,18,19). The van der Waals surface area contributed by atoms with Crippen molar-refractivity contribution in [3.05, 3.63) is 65.2 Å². The van der Waals surface area contributed by atoms with Crippen molar-refractivity contribution in [2.75, 3.05) is 0 Å². The van der Waals surface area contributed by atoms with E-state index in [4.69, 9.17) is 4.55 Å². The van der Waals surface area contributed by atoms with E-state index in [9.17, 15) is 13.2 Å². The van der Waals surface area contributed by atoms with E-state index in [1.807, 2.05) is 30.3 Å². The van der Waals surface area contributed by atoms with Gasteiger partial charge in [0.15, 0.2) is 6.29 Å². The molecule has 2 aromatic carbocycles. The number of aryl methyl sites for hydroxylation is 2. The lowest BCUT2D eigenvalue weighted by atomic mass is 10.0. The van der Waals surface area contributed by atoms with Crippen LogP contribution in [0.25, 0.3) is 0 Å². The van der Waals surface area contributed by atoms with Crippen LogP contribution in [0.15, 0.2) is 53.4 Å². The third-order valence-electron chi connectivity index (χ3n) is 3.03. The van der Waals surface area contributed by atoms with E-state index in [2.05, 4.69) is 0 Å². The zero-order chi connectivity index (χ0) is 14.6. The van der Waals surface area contributed by atoms with Gasteiger partial charge in [0.25, 0.3) is 10.1 Å². The number of hydrogen-bond acceptors (Lipinski definition) is 3. The molecule has 0 bridgehead atoms. The lowest BCUT2D eigenvalue weighted by molar-refractivity contribution is 0.112. The molecule has 0 saturated heterocycles. The first-order valence-corrected chi connectivity index (χ1v) is 7.54. The van der Waals surface area contributed by atoms with Crippen LogP contribution >= 0.6 is 0 Å². The molecule has 0 fully saturated rings. The molecule has 0 spiro atoms. The number of carbonyl (C=O) groups excluding carboxylic acids is 1. The topological polar surface area (TPSA) is 71.4 Å². The number of benzene rings is 2. The fourth-order valence-corrected chi connectivity index (χ4v) is 2.70. The normalized spacial score (nSPS) is 11.2. The van der Waals surface area contributed by atoms with Gasteiger partial charge in [0.05, 0.1) is 0 Å². The Hall–Kier alpha value is -1.98. The van der Waals surface area contributed by atoms with E-state index in [1.54, 1.807) is 6.07 Å². The van der Waals surface area contributed by atoms with Crippen LogP contribution < -0.4 is 0 Å². The zero-order valence-electron chi connectivity index (χ0n) is 10.7. The molecule has 0 radical (unpaired) electrons. The van der Waals surface area contributed by atoms with Crippen LogP contribution in [-0.4, -0.2) is 19.3 Å². The van der Waals surface area contributed by atoms with Gasteiger partial charge in [-0.25, -0.2) is 0 Å². The Balaban J connectivity index is 2.24. The maximum atomic E-state index is 11.2. The van der Waals surface area contributed by atoms with Gasteiger partial charge in [0.2, 0.25) is 0 Å². The summed E-state index contributed by atoms with van der Waals surface area (Å²) in [6, 6.07) is 14.2. The summed E-state index contributed by atoms with van der Waals surface area (Å²) in [5, 5.41) is 0. The molecule has 0 aliphatic heterocycles. The van der Waals surface area contributed by atoms with Crippen LogP contribution in [0.3, 0.4) is 0 Å². The van der Waals surface area contributed by atoms with Crippen molar-refractivity contribution in [2.24, 2.45) is 0 Å². The Kier molecular flexibility index (Phi) is 4.32. The maximum Gasteiger partial charge on any atom is 0.295 e. The number of carbonyl (C=O) groups is 1. The molecule has 0 heterocycles. The van der Waals surface area contributed by atoms with Crippen LogP contribution in [0, 0.1) is 0 Å². The van der Waals surface area contributed by atoms with Crippen molar-refractivity contribution in [1.29, 1.82) is 0 Å². The Morgan fingerprint density at radius 3 is 2.20 bits per heavy atom. The van der Waals surface area contributed by atoms with E-state index < -0.39 is 10.1 Å². The Morgan fingerprint density at radius 1 is 0.950 bits per heavy atom. The first-order valence-electron chi connectivity index (χ1n) is 6.10. The van der Waals surface area contributed by atoms with Crippen molar-refractivity contribution in [1.82, 2.24) is 0 Å². The summed E-state index contributed by atoms with van der Waals surface area (Å²) in [5.41, 5.74) is 1.86. The highest BCUT2D eigenvalue weighted by Crippen LogP contribution is 2.17. The summed E-state index contributed by atoms with van der Waals surface area (Å²) >= 11 is 0. The lowest BCUT2D eigenvalue weighted by Gasteiger charge is -2.06. The number of rotatable bonds is 5. The number of hydrogen-bond donors (Lipinski definition) is 1. The smallest absolute Gasteiger partial charge is 0.295 e. The third kappa shape index (κ3) is 3.53. The predicted octanol–water partition coefficient (Wildman–Crippen LogP) is 2.53. The summed E-state index contributed by atoms with van der Waals surface area (Å²) in [6.07, 6.45) is 1.81. The Labute approximate surface area is 117 Å². The van der Waals surface area contributed by atoms with Crippen molar-refractivity contribution in [3.63, 3.8) is 0 Å². The fourth-order valence-electron chi connectivity index (χ4n) is 1.99. The molecule has 0 unspecified atom stereocenters. The second-order valence-corrected chi connectivity index (χ2v) is 5.84. The molecular weight excluding hydrogens is 276 g/mol. The molecule has 20 heavy (non-hydrogen) atoms. The number of aldehydes is 1. The van der Waals surface area contributed by atoms with Gasteiger partial charge in [0.1, 0.15) is 4.90 Å². The van der Waals surface area contributed by atoms with Gasteiger partial charge in [-0.1, -0.05) is 42.5 Å². The second-order valence-electron chi connectivity index (χ2n) is 4.45. The third-order valence-corrected chi connectivity index (χ3v) is 3.94. The van der Waals surface area contributed by atoms with Gasteiger partial charge >= 0.3 is 0 Å². The second kappa shape index (κ2) is 5.98. The lowest BCUT2D eigenvalue weighted by Crippen LogP contribution is -2.04. The highest BCUT2D eigenvalue weighted by molar-refractivity contribution is 7.86. The largest absolute Gasteiger partial charge is 0.298 e. The van der Waals surface area contributed by atoms with Crippen molar-refractivity contribution in [2.45, 2.75) is 17.7 Å². The van der Waals surface area contributed by atoms with E-state index in [1.165, 1.54) is 12.1 Å². The summed E-state index contributed by atoms with van der Waals surface area (Å²) in [7, 11) is -4.38. The fraction of sp³-hybridized carbons (Fsp3) is 0.133. The minimum absolute atomic E-state index is 0.0315. The molecule has 0 amide bonds. The molecule has 4 nitrogen and oxygen atoms in total. The monoisotopic (exact) mass is 290 g/mol. The minimum Gasteiger partial charge on any atom is -0.298 e. The highest BCUT2D eigenvalue weighted by Gasteiger charge is 2.15. The van der Waals surface area contributed by atoms with Gasteiger partial charge in [-0.15, -0.1) is 0 Å². The van der Waals surface area contributed by atoms with Crippen molar-refractivity contribution >= 4 is 16.4 Å².